The van der Waals surface area contributed by atoms with Gasteiger partial charge in [-0.15, -0.1) is 0 Å². The van der Waals surface area contributed by atoms with Crippen molar-refractivity contribution in [1.82, 2.24) is 15.4 Å². The quantitative estimate of drug-likeness (QED) is 0.250. The fourth-order valence-electron chi connectivity index (χ4n) is 2.52. The predicted molar refractivity (Wildman–Crippen MR) is 109 cm³/mol. The lowest BCUT2D eigenvalue weighted by Crippen LogP contribution is -2.19. The van der Waals surface area contributed by atoms with Crippen molar-refractivity contribution in [1.29, 1.82) is 0 Å². The molecule has 0 spiro atoms. The standard InChI is InChI=1S/C18H17N5O5S/c1-27-15-8-11(7-14(23(25)26)17(15)28-2)9-19-22-16(24)10-29-18-20-12-5-3-4-6-13(12)21-18/h3-9H,10H2,1-2H3,(H,20,21)(H,22,24)/b19-9-. The molecule has 0 saturated carbocycles. The summed E-state index contributed by atoms with van der Waals surface area (Å²) in [5.41, 5.74) is 4.20. The van der Waals surface area contributed by atoms with Crippen LogP contribution in [-0.4, -0.2) is 47.0 Å². The van der Waals surface area contributed by atoms with Crippen molar-refractivity contribution in [3.63, 3.8) is 0 Å². The van der Waals surface area contributed by atoms with Crippen LogP contribution in [0, 0.1) is 10.1 Å². The highest BCUT2D eigenvalue weighted by Crippen LogP contribution is 2.37. The predicted octanol–water partition coefficient (Wildman–Crippen LogP) is 2.73. The molecule has 1 amide bonds. The van der Waals surface area contributed by atoms with Gasteiger partial charge in [0.1, 0.15) is 0 Å². The molecule has 1 aromatic heterocycles. The second-order valence-corrected chi connectivity index (χ2v) is 6.64. The van der Waals surface area contributed by atoms with E-state index in [0.717, 1.165) is 11.0 Å². The highest BCUT2D eigenvalue weighted by atomic mass is 32.2. The van der Waals surface area contributed by atoms with Crippen molar-refractivity contribution in [2.24, 2.45) is 5.10 Å². The van der Waals surface area contributed by atoms with Crippen LogP contribution in [0.5, 0.6) is 11.5 Å². The van der Waals surface area contributed by atoms with E-state index in [1.165, 1.54) is 44.3 Å². The van der Waals surface area contributed by atoms with Gasteiger partial charge in [0.15, 0.2) is 10.9 Å². The summed E-state index contributed by atoms with van der Waals surface area (Å²) >= 11 is 1.24. The monoisotopic (exact) mass is 415 g/mol. The Kier molecular flexibility index (Phi) is 6.29. The number of thioether (sulfide) groups is 1. The average molecular weight is 415 g/mol. The number of aromatic amines is 1. The smallest absolute Gasteiger partial charge is 0.315 e. The van der Waals surface area contributed by atoms with Crippen LogP contribution in [0.15, 0.2) is 46.7 Å². The average Bonchev–Trinajstić information content (AvgIpc) is 3.14. The van der Waals surface area contributed by atoms with Crippen molar-refractivity contribution < 1.29 is 19.2 Å². The van der Waals surface area contributed by atoms with Crippen LogP contribution in [0.1, 0.15) is 5.56 Å². The molecule has 1 heterocycles. The molecule has 0 aliphatic heterocycles. The largest absolute Gasteiger partial charge is 0.493 e. The first kappa shape index (κ1) is 20.1. The maximum Gasteiger partial charge on any atom is 0.315 e. The van der Waals surface area contributed by atoms with Gasteiger partial charge in [-0.25, -0.2) is 10.4 Å². The molecule has 11 heteroatoms. The Morgan fingerprint density at radius 1 is 1.34 bits per heavy atom. The lowest BCUT2D eigenvalue weighted by molar-refractivity contribution is -0.385. The van der Waals surface area contributed by atoms with E-state index in [4.69, 9.17) is 9.47 Å². The van der Waals surface area contributed by atoms with Gasteiger partial charge in [0.05, 0.1) is 42.1 Å². The lowest BCUT2D eigenvalue weighted by atomic mass is 10.2. The fourth-order valence-corrected chi connectivity index (χ4v) is 3.20. The summed E-state index contributed by atoms with van der Waals surface area (Å²) in [5.74, 6) is -0.0407. The summed E-state index contributed by atoms with van der Waals surface area (Å²) in [6, 6.07) is 10.4. The molecule has 10 nitrogen and oxygen atoms in total. The fraction of sp³-hybridized carbons (Fsp3) is 0.167. The molecule has 29 heavy (non-hydrogen) atoms. The molecule has 0 unspecified atom stereocenters. The number of H-pyrrole nitrogens is 1. The molecule has 3 aromatic rings. The van der Waals surface area contributed by atoms with E-state index in [0.29, 0.717) is 10.7 Å². The van der Waals surface area contributed by atoms with E-state index in [2.05, 4.69) is 20.5 Å². The maximum atomic E-state index is 12.0. The van der Waals surface area contributed by atoms with Gasteiger partial charge in [-0.3, -0.25) is 14.9 Å². The van der Waals surface area contributed by atoms with Crippen LogP contribution < -0.4 is 14.9 Å². The Morgan fingerprint density at radius 2 is 2.14 bits per heavy atom. The third kappa shape index (κ3) is 4.82. The summed E-state index contributed by atoms with van der Waals surface area (Å²) in [6.07, 6.45) is 1.29. The first-order valence-electron chi connectivity index (χ1n) is 8.31. The number of hydrazone groups is 1. The van der Waals surface area contributed by atoms with Crippen LogP contribution >= 0.6 is 11.8 Å². The second-order valence-electron chi connectivity index (χ2n) is 5.67. The Labute approximate surface area is 169 Å². The molecule has 150 valence electrons. The number of hydrogen-bond donors (Lipinski definition) is 2. The van der Waals surface area contributed by atoms with Gasteiger partial charge < -0.3 is 14.5 Å². The van der Waals surface area contributed by atoms with E-state index in [9.17, 15) is 14.9 Å². The number of hydrogen-bond acceptors (Lipinski definition) is 8. The van der Waals surface area contributed by atoms with Gasteiger partial charge in [-0.2, -0.15) is 5.10 Å². The van der Waals surface area contributed by atoms with Gasteiger partial charge in [-0.05, 0) is 18.2 Å². The Balaban J connectivity index is 1.62. The Bertz CT molecular complexity index is 1050. The van der Waals surface area contributed by atoms with Crippen LogP contribution in [0.4, 0.5) is 5.69 Å². The van der Waals surface area contributed by atoms with Crippen LogP contribution in [0.25, 0.3) is 11.0 Å². The number of nitrogens with one attached hydrogen (secondary N) is 2. The number of fused-ring (bicyclic) bond motifs is 1. The van der Waals surface area contributed by atoms with Crippen LogP contribution in [-0.2, 0) is 4.79 Å². The Morgan fingerprint density at radius 3 is 2.83 bits per heavy atom. The van der Waals surface area contributed by atoms with Gasteiger partial charge >= 0.3 is 5.69 Å². The Hall–Kier alpha value is -3.60. The van der Waals surface area contributed by atoms with E-state index < -0.39 is 4.92 Å². The molecule has 0 atom stereocenters. The van der Waals surface area contributed by atoms with E-state index in [1.807, 2.05) is 24.3 Å². The number of nitro benzene ring substituents is 1. The van der Waals surface area contributed by atoms with E-state index in [-0.39, 0.29) is 28.8 Å². The number of ether oxygens (including phenoxy) is 2. The minimum Gasteiger partial charge on any atom is -0.493 e. The molecule has 2 N–H and O–H groups in total. The molecule has 0 aliphatic carbocycles. The van der Waals surface area contributed by atoms with Crippen molar-refractivity contribution in [3.8, 4) is 11.5 Å². The summed E-state index contributed by atoms with van der Waals surface area (Å²) in [7, 11) is 2.69. The number of methoxy groups -OCH3 is 2. The number of imidazole rings is 1. The van der Waals surface area contributed by atoms with Gasteiger partial charge in [0.2, 0.25) is 5.75 Å². The summed E-state index contributed by atoms with van der Waals surface area (Å²) in [6.45, 7) is 0. The number of amides is 1. The highest BCUT2D eigenvalue weighted by molar-refractivity contribution is 7.99. The minimum absolute atomic E-state index is 0.0147. The SMILES string of the molecule is COc1cc(/C=N\NC(=O)CSc2nc3ccccc3[nH]2)cc([N+](=O)[O-])c1OC. The first-order valence-corrected chi connectivity index (χ1v) is 9.30. The minimum atomic E-state index is -0.582. The zero-order valence-electron chi connectivity index (χ0n) is 15.5. The number of rotatable bonds is 8. The molecule has 0 radical (unpaired) electrons. The first-order chi connectivity index (χ1) is 14.0. The summed E-state index contributed by atoms with van der Waals surface area (Å²) < 4.78 is 10.1. The van der Waals surface area contributed by atoms with Crippen molar-refractivity contribution >= 4 is 40.6 Å². The third-order valence-corrected chi connectivity index (χ3v) is 4.66. The summed E-state index contributed by atoms with van der Waals surface area (Å²) in [5, 5.41) is 15.7. The molecule has 2 aromatic carbocycles. The molecule has 3 rings (SSSR count). The topological polar surface area (TPSA) is 132 Å². The molecule has 0 bridgehead atoms. The molecule has 0 aliphatic rings. The molecular weight excluding hydrogens is 398 g/mol. The number of carbonyl (C=O) groups excluding carboxylic acids is 1. The molecule has 0 fully saturated rings. The number of nitrogens with zero attached hydrogens (tertiary/aromatic N) is 3. The van der Waals surface area contributed by atoms with Crippen molar-refractivity contribution in [2.45, 2.75) is 5.16 Å². The van der Waals surface area contributed by atoms with E-state index in [1.54, 1.807) is 0 Å². The van der Waals surface area contributed by atoms with Crippen molar-refractivity contribution in [2.75, 3.05) is 20.0 Å². The van der Waals surface area contributed by atoms with Crippen LogP contribution in [0.2, 0.25) is 0 Å². The molecule has 0 saturated heterocycles. The lowest BCUT2D eigenvalue weighted by Gasteiger charge is -2.08. The summed E-state index contributed by atoms with van der Waals surface area (Å²) in [4.78, 5) is 30.1. The number of para-hydroxylation sites is 2. The number of carbonyl (C=O) groups is 1. The zero-order valence-corrected chi connectivity index (χ0v) is 16.4. The van der Waals surface area contributed by atoms with E-state index >= 15 is 0 Å². The second kappa shape index (κ2) is 9.06. The zero-order chi connectivity index (χ0) is 20.8. The van der Waals surface area contributed by atoms with Gasteiger partial charge in [-0.1, -0.05) is 23.9 Å². The molecular formula is C18H17N5O5S. The van der Waals surface area contributed by atoms with Gasteiger partial charge in [0, 0.05) is 11.6 Å². The van der Waals surface area contributed by atoms with Crippen LogP contribution in [0.3, 0.4) is 0 Å². The number of benzene rings is 2. The number of nitro groups is 1. The number of aromatic nitrogens is 2. The maximum absolute atomic E-state index is 12.0. The van der Waals surface area contributed by atoms with Gasteiger partial charge in [0.25, 0.3) is 5.91 Å². The highest BCUT2D eigenvalue weighted by Gasteiger charge is 2.21. The third-order valence-electron chi connectivity index (χ3n) is 3.79. The van der Waals surface area contributed by atoms with Crippen molar-refractivity contribution in [3.05, 3.63) is 52.1 Å². The normalized spacial score (nSPS) is 11.0.